The van der Waals surface area contributed by atoms with E-state index in [2.05, 4.69) is 39.8 Å². The summed E-state index contributed by atoms with van der Waals surface area (Å²) in [6, 6.07) is 4.15. The Morgan fingerprint density at radius 1 is 1.17 bits per heavy atom. The molecule has 1 aromatic rings. The van der Waals surface area contributed by atoms with E-state index in [0.29, 0.717) is 17.6 Å². The molecule has 2 aliphatic rings. The molecule has 1 N–H and O–H groups in total. The van der Waals surface area contributed by atoms with Crippen LogP contribution in [0.5, 0.6) is 11.5 Å². The fourth-order valence-corrected chi connectivity index (χ4v) is 4.40. The molecule has 1 heterocycles. The van der Waals surface area contributed by atoms with Gasteiger partial charge in [0.05, 0.1) is 0 Å². The van der Waals surface area contributed by atoms with Crippen molar-refractivity contribution in [1.82, 2.24) is 0 Å². The monoisotopic (exact) mass is 328 g/mol. The van der Waals surface area contributed by atoms with Crippen LogP contribution in [0.3, 0.4) is 0 Å². The smallest absolute Gasteiger partial charge is 0.128 e. The van der Waals surface area contributed by atoms with Gasteiger partial charge in [0.15, 0.2) is 0 Å². The molecule has 0 bridgehead atoms. The molecule has 0 aromatic heterocycles. The standard InChI is InChI=1S/C22H32O2/c1-5-6-7-8-9-10-16-13-19(23)21-17-11-15(2)12-18(17)22(3,4)24-20(21)14-16/h12-15,17,23H,5-11H2,1-4H3/t15?,17-/m1/s1. The number of hydrogen-bond acceptors (Lipinski definition) is 2. The number of benzene rings is 1. The molecule has 1 aliphatic heterocycles. The van der Waals surface area contributed by atoms with E-state index in [1.807, 2.05) is 6.07 Å². The summed E-state index contributed by atoms with van der Waals surface area (Å²) < 4.78 is 6.32. The Morgan fingerprint density at radius 3 is 2.67 bits per heavy atom. The van der Waals surface area contributed by atoms with Crippen LogP contribution in [-0.4, -0.2) is 10.7 Å². The lowest BCUT2D eigenvalue weighted by molar-refractivity contribution is 0.126. The average Bonchev–Trinajstić information content (AvgIpc) is 2.89. The fraction of sp³-hybridized carbons (Fsp3) is 0.636. The van der Waals surface area contributed by atoms with Crippen molar-refractivity contribution in [3.8, 4) is 11.5 Å². The first-order valence-corrected chi connectivity index (χ1v) is 9.69. The van der Waals surface area contributed by atoms with Crippen molar-refractivity contribution >= 4 is 0 Å². The Balaban J connectivity index is 1.80. The summed E-state index contributed by atoms with van der Waals surface area (Å²) >= 11 is 0. The summed E-state index contributed by atoms with van der Waals surface area (Å²) in [7, 11) is 0. The Kier molecular flexibility index (Phi) is 4.94. The summed E-state index contributed by atoms with van der Waals surface area (Å²) in [5.74, 6) is 2.20. The molecule has 0 saturated heterocycles. The number of allylic oxidation sites excluding steroid dienone is 1. The van der Waals surface area contributed by atoms with E-state index >= 15 is 0 Å². The highest BCUT2D eigenvalue weighted by Crippen LogP contribution is 2.54. The van der Waals surface area contributed by atoms with E-state index in [-0.39, 0.29) is 5.60 Å². The van der Waals surface area contributed by atoms with Crippen LogP contribution in [0.2, 0.25) is 0 Å². The summed E-state index contributed by atoms with van der Waals surface area (Å²) in [6.45, 7) is 8.80. The Morgan fingerprint density at radius 2 is 1.92 bits per heavy atom. The summed E-state index contributed by atoms with van der Waals surface area (Å²) in [5.41, 5.74) is 3.29. The van der Waals surface area contributed by atoms with Crippen molar-refractivity contribution in [2.75, 3.05) is 0 Å². The molecule has 0 amide bonds. The molecule has 3 rings (SSSR count). The van der Waals surface area contributed by atoms with Gasteiger partial charge in [-0.2, -0.15) is 0 Å². The molecule has 2 nitrogen and oxygen atoms in total. The van der Waals surface area contributed by atoms with Gasteiger partial charge in [-0.25, -0.2) is 0 Å². The Hall–Kier alpha value is -1.44. The third kappa shape index (κ3) is 3.34. The third-order valence-corrected chi connectivity index (χ3v) is 5.60. The third-order valence-electron chi connectivity index (χ3n) is 5.60. The van der Waals surface area contributed by atoms with Gasteiger partial charge < -0.3 is 9.84 Å². The maximum atomic E-state index is 10.7. The number of fused-ring (bicyclic) bond motifs is 3. The van der Waals surface area contributed by atoms with Gasteiger partial charge in [0.1, 0.15) is 17.1 Å². The largest absolute Gasteiger partial charge is 0.507 e. The number of hydrogen-bond donors (Lipinski definition) is 1. The maximum absolute atomic E-state index is 10.7. The fourth-order valence-electron chi connectivity index (χ4n) is 4.40. The van der Waals surface area contributed by atoms with Crippen molar-refractivity contribution in [3.05, 3.63) is 34.9 Å². The maximum Gasteiger partial charge on any atom is 0.128 e. The van der Waals surface area contributed by atoms with Crippen LogP contribution in [0.15, 0.2) is 23.8 Å². The molecule has 0 spiro atoms. The lowest BCUT2D eigenvalue weighted by atomic mass is 9.80. The van der Waals surface area contributed by atoms with Gasteiger partial charge in [-0.1, -0.05) is 45.6 Å². The predicted molar refractivity (Wildman–Crippen MR) is 99.9 cm³/mol. The van der Waals surface area contributed by atoms with Crippen molar-refractivity contribution in [2.45, 2.75) is 84.2 Å². The molecular weight excluding hydrogens is 296 g/mol. The van der Waals surface area contributed by atoms with Gasteiger partial charge in [0.25, 0.3) is 0 Å². The topological polar surface area (TPSA) is 29.5 Å². The van der Waals surface area contributed by atoms with Crippen LogP contribution in [0.4, 0.5) is 0 Å². The van der Waals surface area contributed by atoms with Crippen molar-refractivity contribution in [3.63, 3.8) is 0 Å². The highest BCUT2D eigenvalue weighted by Gasteiger charge is 2.43. The molecule has 132 valence electrons. The van der Waals surface area contributed by atoms with E-state index in [1.165, 1.54) is 43.2 Å². The van der Waals surface area contributed by atoms with Gasteiger partial charge in [-0.15, -0.1) is 0 Å². The lowest BCUT2D eigenvalue weighted by Crippen LogP contribution is -2.36. The lowest BCUT2D eigenvalue weighted by Gasteiger charge is -2.39. The Bertz CT molecular complexity index is 627. The van der Waals surface area contributed by atoms with E-state index in [9.17, 15) is 5.11 Å². The zero-order valence-electron chi connectivity index (χ0n) is 15.7. The number of unbranched alkanes of at least 4 members (excludes halogenated alkanes) is 4. The second-order valence-corrected chi connectivity index (χ2v) is 8.19. The van der Waals surface area contributed by atoms with Crippen LogP contribution in [0, 0.1) is 5.92 Å². The van der Waals surface area contributed by atoms with Gasteiger partial charge in [0.2, 0.25) is 0 Å². The first-order chi connectivity index (χ1) is 11.4. The molecule has 0 fully saturated rings. The molecular formula is C22H32O2. The quantitative estimate of drug-likeness (QED) is 0.503. The summed E-state index contributed by atoms with van der Waals surface area (Å²) in [4.78, 5) is 0. The SMILES string of the molecule is CCCCCCCc1cc(O)c2c(c1)OC(C)(C)C1=CC(C)C[C@H]12. The molecule has 2 atom stereocenters. The number of ether oxygens (including phenoxy) is 1. The zero-order chi connectivity index (χ0) is 17.3. The average molecular weight is 328 g/mol. The zero-order valence-corrected chi connectivity index (χ0v) is 15.7. The molecule has 1 aromatic carbocycles. The number of aromatic hydroxyl groups is 1. The Labute approximate surface area is 146 Å². The number of aryl methyl sites for hydroxylation is 1. The number of phenols is 1. The second kappa shape index (κ2) is 6.82. The van der Waals surface area contributed by atoms with Crippen LogP contribution >= 0.6 is 0 Å². The second-order valence-electron chi connectivity index (χ2n) is 8.19. The van der Waals surface area contributed by atoms with Crippen molar-refractivity contribution in [2.24, 2.45) is 5.92 Å². The van der Waals surface area contributed by atoms with Gasteiger partial charge >= 0.3 is 0 Å². The van der Waals surface area contributed by atoms with E-state index < -0.39 is 0 Å². The van der Waals surface area contributed by atoms with Crippen LogP contribution in [0.25, 0.3) is 0 Å². The minimum atomic E-state index is -0.269. The predicted octanol–water partition coefficient (Wildman–Crippen LogP) is 6.13. The minimum Gasteiger partial charge on any atom is -0.507 e. The summed E-state index contributed by atoms with van der Waals surface area (Å²) in [5, 5.41) is 10.7. The molecule has 1 aliphatic carbocycles. The molecule has 24 heavy (non-hydrogen) atoms. The van der Waals surface area contributed by atoms with Gasteiger partial charge in [-0.3, -0.25) is 0 Å². The number of phenolic OH excluding ortho intramolecular Hbond substituents is 1. The molecule has 1 unspecified atom stereocenters. The van der Waals surface area contributed by atoms with Crippen molar-refractivity contribution in [1.29, 1.82) is 0 Å². The van der Waals surface area contributed by atoms with Gasteiger partial charge in [-0.05, 0) is 62.3 Å². The first-order valence-electron chi connectivity index (χ1n) is 9.69. The van der Waals surface area contributed by atoms with Crippen LogP contribution in [0.1, 0.15) is 83.3 Å². The summed E-state index contributed by atoms with van der Waals surface area (Å²) in [6.07, 6.45) is 10.8. The molecule has 0 saturated carbocycles. The van der Waals surface area contributed by atoms with E-state index in [4.69, 9.17) is 4.74 Å². The number of rotatable bonds is 6. The normalized spacial score (nSPS) is 24.1. The van der Waals surface area contributed by atoms with Crippen LogP contribution < -0.4 is 4.74 Å². The van der Waals surface area contributed by atoms with Crippen molar-refractivity contribution < 1.29 is 9.84 Å². The van der Waals surface area contributed by atoms with Gasteiger partial charge in [0, 0.05) is 11.5 Å². The molecule has 2 heteroatoms. The van der Waals surface area contributed by atoms with E-state index in [1.54, 1.807) is 0 Å². The molecule has 0 radical (unpaired) electrons. The first kappa shape index (κ1) is 17.4. The highest BCUT2D eigenvalue weighted by molar-refractivity contribution is 5.57. The van der Waals surface area contributed by atoms with E-state index in [0.717, 1.165) is 24.2 Å². The minimum absolute atomic E-state index is 0.269. The highest BCUT2D eigenvalue weighted by atomic mass is 16.5. The van der Waals surface area contributed by atoms with Crippen LogP contribution in [-0.2, 0) is 6.42 Å².